The third kappa shape index (κ3) is 5.09. The second-order valence-corrected chi connectivity index (χ2v) is 5.25. The van der Waals surface area contributed by atoms with Crippen LogP contribution in [0.2, 0.25) is 0 Å². The number of aliphatic imine (C=N–C) groups is 1. The summed E-state index contributed by atoms with van der Waals surface area (Å²) in [4.78, 5) is 20.1. The van der Waals surface area contributed by atoms with Gasteiger partial charge in [0.2, 0.25) is 5.91 Å². The van der Waals surface area contributed by atoms with Crippen LogP contribution in [0.4, 0.5) is 0 Å². The van der Waals surface area contributed by atoms with Gasteiger partial charge in [-0.2, -0.15) is 0 Å². The fourth-order valence-corrected chi connectivity index (χ4v) is 2.50. The Hall–Kier alpha value is -1.26. The zero-order valence-electron chi connectivity index (χ0n) is 12.6. The van der Waals surface area contributed by atoms with Gasteiger partial charge >= 0.3 is 0 Å². The largest absolute Gasteiger partial charge is 0.370 e. The molecule has 0 aromatic heterocycles. The number of carbonyl (C=O) groups is 1. The molecule has 2 N–H and O–H groups in total. The lowest BCUT2D eigenvalue weighted by Gasteiger charge is -2.31. The molecule has 1 saturated heterocycles. The molecule has 0 saturated carbocycles. The number of amides is 1. The quantitative estimate of drug-likeness (QED) is 0.604. The van der Waals surface area contributed by atoms with E-state index in [9.17, 15) is 4.79 Å². The first-order valence-electron chi connectivity index (χ1n) is 7.41. The summed E-state index contributed by atoms with van der Waals surface area (Å²) in [6.45, 7) is 10.2. The highest BCUT2D eigenvalue weighted by molar-refractivity contribution is 5.79. The van der Waals surface area contributed by atoms with Crippen LogP contribution in [0, 0.1) is 5.92 Å². The van der Waals surface area contributed by atoms with Gasteiger partial charge in [0.15, 0.2) is 5.96 Å². The number of piperidine rings is 1. The van der Waals surface area contributed by atoms with Crippen LogP contribution in [-0.4, -0.2) is 54.4 Å². The predicted octanol–water partition coefficient (Wildman–Crippen LogP) is 1.29. The molecule has 19 heavy (non-hydrogen) atoms. The highest BCUT2D eigenvalue weighted by atomic mass is 16.2. The van der Waals surface area contributed by atoms with Crippen LogP contribution < -0.4 is 5.73 Å². The molecule has 1 fully saturated rings. The highest BCUT2D eigenvalue weighted by Gasteiger charge is 2.17. The van der Waals surface area contributed by atoms with Crippen molar-refractivity contribution >= 4 is 11.9 Å². The van der Waals surface area contributed by atoms with Crippen LogP contribution in [0.1, 0.15) is 40.0 Å². The lowest BCUT2D eigenvalue weighted by atomic mass is 10.0. The summed E-state index contributed by atoms with van der Waals surface area (Å²) in [5, 5.41) is 0. The van der Waals surface area contributed by atoms with Crippen molar-refractivity contribution in [1.29, 1.82) is 0 Å². The van der Waals surface area contributed by atoms with E-state index in [0.29, 0.717) is 24.8 Å². The Kier molecular flexibility index (Phi) is 6.67. The van der Waals surface area contributed by atoms with E-state index in [4.69, 9.17) is 5.73 Å². The molecule has 0 aromatic rings. The summed E-state index contributed by atoms with van der Waals surface area (Å²) in [6, 6.07) is 0. The van der Waals surface area contributed by atoms with E-state index in [1.165, 1.54) is 12.8 Å². The molecule has 1 aliphatic heterocycles. The number of likely N-dealkylation sites (tertiary alicyclic amines) is 1. The molecule has 0 aromatic carbocycles. The number of nitrogens with zero attached hydrogens (tertiary/aromatic N) is 3. The molecule has 0 radical (unpaired) electrons. The summed E-state index contributed by atoms with van der Waals surface area (Å²) in [7, 11) is 0. The molecule has 1 rings (SSSR count). The van der Waals surface area contributed by atoms with E-state index < -0.39 is 0 Å². The Labute approximate surface area is 116 Å². The lowest BCUT2D eigenvalue weighted by molar-refractivity contribution is -0.130. The highest BCUT2D eigenvalue weighted by Crippen LogP contribution is 2.14. The SMILES string of the molecule is CCN(CC)C(=O)CCN=C(N)N1CCC[C@@H](C)C1. The minimum atomic E-state index is 0.161. The average Bonchev–Trinajstić information content (AvgIpc) is 2.40. The third-order valence-corrected chi connectivity index (χ3v) is 3.70. The van der Waals surface area contributed by atoms with Crippen LogP contribution in [0.25, 0.3) is 0 Å². The minimum absolute atomic E-state index is 0.161. The molecule has 0 bridgehead atoms. The van der Waals surface area contributed by atoms with E-state index in [1.54, 1.807) is 0 Å². The zero-order chi connectivity index (χ0) is 14.3. The molecule has 5 nitrogen and oxygen atoms in total. The summed E-state index contributed by atoms with van der Waals surface area (Å²) >= 11 is 0. The Morgan fingerprint density at radius 1 is 1.42 bits per heavy atom. The van der Waals surface area contributed by atoms with Crippen molar-refractivity contribution < 1.29 is 4.79 Å². The molecule has 0 spiro atoms. The van der Waals surface area contributed by atoms with Crippen molar-refractivity contribution in [2.45, 2.75) is 40.0 Å². The van der Waals surface area contributed by atoms with Crippen LogP contribution in [0.3, 0.4) is 0 Å². The number of nitrogens with two attached hydrogens (primary N) is 1. The zero-order valence-corrected chi connectivity index (χ0v) is 12.6. The summed E-state index contributed by atoms with van der Waals surface area (Å²) in [6.07, 6.45) is 2.89. The average molecular weight is 268 g/mol. The molecule has 0 unspecified atom stereocenters. The third-order valence-electron chi connectivity index (χ3n) is 3.70. The number of guanidine groups is 1. The normalized spacial score (nSPS) is 20.5. The van der Waals surface area contributed by atoms with Crippen LogP contribution in [0.15, 0.2) is 4.99 Å². The van der Waals surface area contributed by atoms with Gasteiger partial charge in [0.1, 0.15) is 0 Å². The second kappa shape index (κ2) is 8.02. The van der Waals surface area contributed by atoms with Crippen molar-refractivity contribution in [3.8, 4) is 0 Å². The molecule has 1 aliphatic rings. The maximum Gasteiger partial charge on any atom is 0.224 e. The van der Waals surface area contributed by atoms with Crippen LogP contribution in [-0.2, 0) is 4.79 Å². The monoisotopic (exact) mass is 268 g/mol. The number of hydrogen-bond acceptors (Lipinski definition) is 2. The standard InChI is InChI=1S/C14H28N4O/c1-4-17(5-2)13(19)8-9-16-14(15)18-10-6-7-12(3)11-18/h12H,4-11H2,1-3H3,(H2,15,16)/t12-/m1/s1. The van der Waals surface area contributed by atoms with Gasteiger partial charge in [0.25, 0.3) is 0 Å². The van der Waals surface area contributed by atoms with E-state index in [2.05, 4.69) is 16.8 Å². The smallest absolute Gasteiger partial charge is 0.224 e. The van der Waals surface area contributed by atoms with Gasteiger partial charge in [-0.3, -0.25) is 9.79 Å². The predicted molar refractivity (Wildman–Crippen MR) is 79.0 cm³/mol. The van der Waals surface area contributed by atoms with Crippen molar-refractivity contribution in [1.82, 2.24) is 9.80 Å². The van der Waals surface area contributed by atoms with E-state index >= 15 is 0 Å². The van der Waals surface area contributed by atoms with Gasteiger partial charge in [-0.15, -0.1) is 0 Å². The molecule has 5 heteroatoms. The first-order chi connectivity index (χ1) is 9.08. The summed E-state index contributed by atoms with van der Waals surface area (Å²) < 4.78 is 0. The number of hydrogen-bond donors (Lipinski definition) is 1. The van der Waals surface area contributed by atoms with Gasteiger partial charge in [0, 0.05) is 32.6 Å². The van der Waals surface area contributed by atoms with Crippen molar-refractivity contribution in [2.75, 3.05) is 32.7 Å². The van der Waals surface area contributed by atoms with Gasteiger partial charge in [-0.05, 0) is 32.6 Å². The van der Waals surface area contributed by atoms with Crippen LogP contribution >= 0.6 is 0 Å². The summed E-state index contributed by atoms with van der Waals surface area (Å²) in [5.74, 6) is 1.44. The molecular weight excluding hydrogens is 240 g/mol. The lowest BCUT2D eigenvalue weighted by Crippen LogP contribution is -2.43. The maximum atomic E-state index is 11.8. The molecule has 110 valence electrons. The van der Waals surface area contributed by atoms with Gasteiger partial charge < -0.3 is 15.5 Å². The number of rotatable bonds is 5. The van der Waals surface area contributed by atoms with Crippen molar-refractivity contribution in [2.24, 2.45) is 16.6 Å². The molecule has 1 heterocycles. The fraction of sp³-hybridized carbons (Fsp3) is 0.857. The Morgan fingerprint density at radius 3 is 2.68 bits per heavy atom. The van der Waals surface area contributed by atoms with E-state index in [0.717, 1.165) is 26.2 Å². The second-order valence-electron chi connectivity index (χ2n) is 5.25. The van der Waals surface area contributed by atoms with Gasteiger partial charge in [-0.25, -0.2) is 0 Å². The van der Waals surface area contributed by atoms with Gasteiger partial charge in [-0.1, -0.05) is 6.92 Å². The summed E-state index contributed by atoms with van der Waals surface area (Å²) in [5.41, 5.74) is 5.99. The Balaban J connectivity index is 2.37. The number of carbonyl (C=O) groups excluding carboxylic acids is 1. The topological polar surface area (TPSA) is 61.9 Å². The first-order valence-corrected chi connectivity index (χ1v) is 7.41. The molecule has 1 amide bonds. The fourth-order valence-electron chi connectivity index (χ4n) is 2.50. The molecule has 0 aliphatic carbocycles. The molecular formula is C14H28N4O. The molecule has 1 atom stereocenters. The Bertz CT molecular complexity index is 313. The van der Waals surface area contributed by atoms with E-state index in [-0.39, 0.29) is 5.91 Å². The van der Waals surface area contributed by atoms with Gasteiger partial charge in [0.05, 0.1) is 6.54 Å². The van der Waals surface area contributed by atoms with Crippen molar-refractivity contribution in [3.05, 3.63) is 0 Å². The first kappa shape index (κ1) is 15.8. The van der Waals surface area contributed by atoms with E-state index in [1.807, 2.05) is 18.7 Å². The minimum Gasteiger partial charge on any atom is -0.370 e. The Morgan fingerprint density at radius 2 is 2.11 bits per heavy atom. The maximum absolute atomic E-state index is 11.8. The van der Waals surface area contributed by atoms with Crippen LogP contribution in [0.5, 0.6) is 0 Å². The van der Waals surface area contributed by atoms with Crippen molar-refractivity contribution in [3.63, 3.8) is 0 Å².